The second kappa shape index (κ2) is 8.30. The molecule has 0 amide bonds. The van der Waals surface area contributed by atoms with E-state index in [1.54, 1.807) is 23.5 Å². The summed E-state index contributed by atoms with van der Waals surface area (Å²) >= 11 is 1.74. The zero-order valence-electron chi connectivity index (χ0n) is 12.8. The normalized spacial score (nSPS) is 14.0. The highest BCUT2D eigenvalue weighted by Crippen LogP contribution is 2.21. The molecule has 114 valence electrons. The Morgan fingerprint density at radius 3 is 2.57 bits per heavy atom. The van der Waals surface area contributed by atoms with Crippen molar-refractivity contribution in [1.29, 1.82) is 0 Å². The van der Waals surface area contributed by atoms with E-state index in [9.17, 15) is 4.39 Å². The molecule has 2 rings (SSSR count). The Morgan fingerprint density at radius 1 is 1.19 bits per heavy atom. The molecule has 1 N–H and O–H groups in total. The number of rotatable bonds is 8. The van der Waals surface area contributed by atoms with E-state index in [1.165, 1.54) is 24.0 Å². The summed E-state index contributed by atoms with van der Waals surface area (Å²) in [6.45, 7) is 4.43. The van der Waals surface area contributed by atoms with Gasteiger partial charge in [-0.3, -0.25) is 0 Å². The van der Waals surface area contributed by atoms with Crippen molar-refractivity contribution < 1.29 is 4.39 Å². The Bertz CT molecular complexity index is 507. The zero-order valence-corrected chi connectivity index (χ0v) is 13.6. The number of benzene rings is 1. The average Bonchev–Trinajstić information content (AvgIpc) is 2.97. The number of halogens is 1. The Labute approximate surface area is 131 Å². The van der Waals surface area contributed by atoms with E-state index in [4.69, 9.17) is 0 Å². The van der Waals surface area contributed by atoms with Crippen LogP contribution in [0.3, 0.4) is 0 Å². The Hall–Kier alpha value is -1.19. The summed E-state index contributed by atoms with van der Waals surface area (Å²) in [5.41, 5.74) is 2.57. The van der Waals surface area contributed by atoms with Crippen molar-refractivity contribution in [1.82, 2.24) is 5.32 Å². The maximum absolute atomic E-state index is 13.1. The predicted octanol–water partition coefficient (Wildman–Crippen LogP) is 5.34. The van der Waals surface area contributed by atoms with Crippen molar-refractivity contribution in [3.05, 3.63) is 58.0 Å². The molecule has 2 unspecified atom stereocenters. The summed E-state index contributed by atoms with van der Waals surface area (Å²) in [4.78, 5) is 0. The molecule has 3 heteroatoms. The molecular formula is C18H24FNS. The molecule has 0 saturated heterocycles. The van der Waals surface area contributed by atoms with Crippen molar-refractivity contribution in [3.63, 3.8) is 0 Å². The topological polar surface area (TPSA) is 12.0 Å². The van der Waals surface area contributed by atoms with Crippen LogP contribution in [0.4, 0.5) is 4.39 Å². The standard InChI is InChI=1S/C18H24FNS/c1-3-4-5-18(16-6-8-17(19)9-7-16)20-14(2)12-15-10-11-21-13-15/h6-11,13-14,18,20H,3-5,12H2,1-2H3. The molecule has 1 aromatic heterocycles. The highest BCUT2D eigenvalue weighted by atomic mass is 32.1. The number of thiophene rings is 1. The molecular weight excluding hydrogens is 281 g/mol. The van der Waals surface area contributed by atoms with Crippen LogP contribution in [0.25, 0.3) is 0 Å². The maximum Gasteiger partial charge on any atom is 0.123 e. The van der Waals surface area contributed by atoms with Gasteiger partial charge in [0.25, 0.3) is 0 Å². The second-order valence-corrected chi connectivity index (χ2v) is 6.43. The third kappa shape index (κ3) is 5.25. The molecule has 0 fully saturated rings. The molecule has 0 aliphatic carbocycles. The first-order chi connectivity index (χ1) is 10.2. The van der Waals surface area contributed by atoms with Crippen LogP contribution in [0.1, 0.15) is 50.3 Å². The van der Waals surface area contributed by atoms with Gasteiger partial charge in [-0.1, -0.05) is 31.9 Å². The highest BCUT2D eigenvalue weighted by molar-refractivity contribution is 7.07. The summed E-state index contributed by atoms with van der Waals surface area (Å²) in [6, 6.07) is 9.81. The summed E-state index contributed by atoms with van der Waals surface area (Å²) in [6.07, 6.45) is 4.49. The van der Waals surface area contributed by atoms with Crippen LogP contribution < -0.4 is 5.32 Å². The van der Waals surface area contributed by atoms with Crippen molar-refractivity contribution in [2.45, 2.75) is 51.6 Å². The van der Waals surface area contributed by atoms with Crippen LogP contribution >= 0.6 is 11.3 Å². The van der Waals surface area contributed by atoms with Gasteiger partial charge in [-0.15, -0.1) is 0 Å². The minimum absolute atomic E-state index is 0.167. The summed E-state index contributed by atoms with van der Waals surface area (Å²) in [5, 5.41) is 8.04. The lowest BCUT2D eigenvalue weighted by atomic mass is 9.99. The van der Waals surface area contributed by atoms with E-state index in [2.05, 4.69) is 36.0 Å². The minimum Gasteiger partial charge on any atom is -0.307 e. The van der Waals surface area contributed by atoms with Gasteiger partial charge in [0.2, 0.25) is 0 Å². The molecule has 0 saturated carbocycles. The van der Waals surface area contributed by atoms with Crippen molar-refractivity contribution >= 4 is 11.3 Å². The van der Waals surface area contributed by atoms with Crippen LogP contribution in [0.2, 0.25) is 0 Å². The second-order valence-electron chi connectivity index (χ2n) is 5.65. The van der Waals surface area contributed by atoms with Gasteiger partial charge in [-0.2, -0.15) is 11.3 Å². The van der Waals surface area contributed by atoms with Crippen LogP contribution in [0.5, 0.6) is 0 Å². The van der Waals surface area contributed by atoms with Gasteiger partial charge in [0.15, 0.2) is 0 Å². The van der Waals surface area contributed by atoms with E-state index in [1.807, 2.05) is 12.1 Å². The lowest BCUT2D eigenvalue weighted by molar-refractivity contribution is 0.421. The quantitative estimate of drug-likeness (QED) is 0.694. The summed E-state index contributed by atoms with van der Waals surface area (Å²) in [5.74, 6) is -0.167. The van der Waals surface area contributed by atoms with Gasteiger partial charge >= 0.3 is 0 Å². The monoisotopic (exact) mass is 305 g/mol. The molecule has 1 aromatic carbocycles. The van der Waals surface area contributed by atoms with Crippen LogP contribution in [0.15, 0.2) is 41.1 Å². The first-order valence-electron chi connectivity index (χ1n) is 7.71. The first kappa shape index (κ1) is 16.2. The number of hydrogen-bond acceptors (Lipinski definition) is 2. The van der Waals surface area contributed by atoms with E-state index in [0.717, 1.165) is 12.8 Å². The molecule has 1 heterocycles. The van der Waals surface area contributed by atoms with E-state index in [-0.39, 0.29) is 5.82 Å². The van der Waals surface area contributed by atoms with Gasteiger partial charge in [0.1, 0.15) is 5.82 Å². The third-order valence-corrected chi connectivity index (χ3v) is 4.46. The molecule has 2 aromatic rings. The predicted molar refractivity (Wildman–Crippen MR) is 89.3 cm³/mol. The van der Waals surface area contributed by atoms with Crippen LogP contribution in [-0.4, -0.2) is 6.04 Å². The number of unbranched alkanes of at least 4 members (excludes halogenated alkanes) is 1. The molecule has 0 aliphatic heterocycles. The molecule has 1 nitrogen and oxygen atoms in total. The Kier molecular flexibility index (Phi) is 6.40. The fourth-order valence-corrected chi connectivity index (χ4v) is 3.30. The molecule has 0 aliphatic rings. The number of nitrogens with one attached hydrogen (secondary N) is 1. The van der Waals surface area contributed by atoms with Gasteiger partial charge in [0, 0.05) is 12.1 Å². The van der Waals surface area contributed by atoms with Crippen molar-refractivity contribution in [2.75, 3.05) is 0 Å². The van der Waals surface area contributed by atoms with Gasteiger partial charge in [-0.05, 0) is 59.9 Å². The molecule has 2 atom stereocenters. The molecule has 0 bridgehead atoms. The fourth-order valence-electron chi connectivity index (χ4n) is 2.61. The van der Waals surface area contributed by atoms with Crippen LogP contribution in [-0.2, 0) is 6.42 Å². The lowest BCUT2D eigenvalue weighted by Crippen LogP contribution is -2.32. The first-order valence-corrected chi connectivity index (χ1v) is 8.66. The van der Waals surface area contributed by atoms with Gasteiger partial charge in [-0.25, -0.2) is 4.39 Å². The summed E-state index contributed by atoms with van der Waals surface area (Å²) in [7, 11) is 0. The van der Waals surface area contributed by atoms with Crippen molar-refractivity contribution in [3.8, 4) is 0 Å². The SMILES string of the molecule is CCCCC(NC(C)Cc1ccsc1)c1ccc(F)cc1. The average molecular weight is 305 g/mol. The lowest BCUT2D eigenvalue weighted by Gasteiger charge is -2.24. The smallest absolute Gasteiger partial charge is 0.123 e. The van der Waals surface area contributed by atoms with E-state index < -0.39 is 0 Å². The largest absolute Gasteiger partial charge is 0.307 e. The zero-order chi connectivity index (χ0) is 15.1. The molecule has 0 spiro atoms. The van der Waals surface area contributed by atoms with Crippen molar-refractivity contribution in [2.24, 2.45) is 0 Å². The molecule has 21 heavy (non-hydrogen) atoms. The Morgan fingerprint density at radius 2 is 1.95 bits per heavy atom. The van der Waals surface area contributed by atoms with Gasteiger partial charge in [0.05, 0.1) is 0 Å². The van der Waals surface area contributed by atoms with Gasteiger partial charge < -0.3 is 5.32 Å². The third-order valence-electron chi connectivity index (χ3n) is 3.73. The maximum atomic E-state index is 13.1. The van der Waals surface area contributed by atoms with E-state index in [0.29, 0.717) is 12.1 Å². The highest BCUT2D eigenvalue weighted by Gasteiger charge is 2.14. The summed E-state index contributed by atoms with van der Waals surface area (Å²) < 4.78 is 13.1. The Balaban J connectivity index is 1.99. The van der Waals surface area contributed by atoms with E-state index >= 15 is 0 Å². The molecule has 0 radical (unpaired) electrons. The number of hydrogen-bond donors (Lipinski definition) is 1. The van der Waals surface area contributed by atoms with Crippen LogP contribution in [0, 0.1) is 5.82 Å². The fraction of sp³-hybridized carbons (Fsp3) is 0.444. The minimum atomic E-state index is -0.167.